The first-order valence-electron chi connectivity index (χ1n) is 40.0. The number of aliphatic carboxylic acids is 2. The van der Waals surface area contributed by atoms with E-state index in [2.05, 4.69) is 104 Å². The number of H-pyrrole nitrogens is 1. The van der Waals surface area contributed by atoms with Crippen molar-refractivity contribution in [3.8, 4) is 5.75 Å². The zero-order valence-corrected chi connectivity index (χ0v) is 70.7. The quantitative estimate of drug-likeness (QED) is 0.0127. The van der Waals surface area contributed by atoms with Crippen molar-refractivity contribution in [2.75, 3.05) is 37.8 Å². The van der Waals surface area contributed by atoms with Crippen molar-refractivity contribution in [2.45, 2.75) is 182 Å². The predicted octanol–water partition coefficient (Wildman–Crippen LogP) is -6.91. The van der Waals surface area contributed by atoms with E-state index in [0.717, 1.165) is 0 Å². The van der Waals surface area contributed by atoms with Gasteiger partial charge in [-0.15, -0.1) is 0 Å². The van der Waals surface area contributed by atoms with Crippen LogP contribution in [0.15, 0.2) is 128 Å². The molecule has 0 radical (unpaired) electrons. The molecular formula is C81H110N20O23S2. The highest BCUT2D eigenvalue weighted by atomic mass is 32.1. The molecule has 1 heterocycles. The van der Waals surface area contributed by atoms with Gasteiger partial charge in [0, 0.05) is 56.2 Å². The summed E-state index contributed by atoms with van der Waals surface area (Å²) >= 11 is 8.46. The van der Waals surface area contributed by atoms with E-state index in [0.29, 0.717) is 41.8 Å². The van der Waals surface area contributed by atoms with Crippen LogP contribution in [0.1, 0.15) is 93.2 Å². The molecule has 0 spiro atoms. The fourth-order valence-electron chi connectivity index (χ4n) is 12.3. The number of hydrogen-bond donors (Lipinski definition) is 26. The first kappa shape index (κ1) is 103. The number of unbranched alkanes of at least 4 members (excludes halogenated alkanes) is 1. The number of aromatic hydroxyl groups is 1. The average molecular weight is 1800 g/mol. The van der Waals surface area contributed by atoms with Crippen LogP contribution in [0, 0.1) is 5.92 Å². The normalized spacial score (nSPS) is 14.6. The summed E-state index contributed by atoms with van der Waals surface area (Å²) in [5, 5.41) is 83.4. The van der Waals surface area contributed by atoms with Gasteiger partial charge < -0.3 is 128 Å². The maximum Gasteiger partial charge on any atom is 0.322 e. The molecule has 5 rings (SSSR count). The second-order valence-electron chi connectivity index (χ2n) is 29.3. The standard InChI is InChI=1S/C81H110N20O23S2/c1-3-43(2)67(101-77(120)58(35-65(107)108)96-73(116)55(32-47-22-24-49(104)25-23-47)93-76(119)57(34-64(85)106)95-72(115)52(29-44-15-7-4-8-16-44)92-75(118)56(33-48-36-86-42-88-48)90-68(111)50(83)21-13-14-28-82)81(124)100-62(41-126)79(122)89-51(26-27-63(84)105)70(113)98-60(39-103)78(121)99-61(40-125)80(123)94-53(30-45-17-9-5-10-18-45)71(114)91-54(31-46-19-11-6-12-20-46)74(117)97-59(38-102)69(112)87-37-66(109)110/h4-12,15-20,22-25,36,42-43,50-62,67,102-104,125-126H,3,13-14,21,26-35,37-41,82-83H2,1-2H3,(H2,84,105)(H2,85,106)(H,86,88)(H,87,112)(H,89,122)(H,90,111)(H,91,114)(H,92,118)(H,93,119)(H,94,123)(H,95,115)(H,96,116)(H,97,117)(H,98,113)(H,99,121)(H,100,124)(H,101,120)(H,107,108)(H,109,110)/t43-,50-,51-,52-,53-,54-,55-,56-,57-,58-,59-,60-,61-,62-,67-/m0/s1. The molecule has 0 bridgehead atoms. The fourth-order valence-corrected chi connectivity index (χ4v) is 12.9. The molecule has 0 aliphatic carbocycles. The summed E-state index contributed by atoms with van der Waals surface area (Å²) in [6.45, 7) is 0.350. The molecule has 1 aromatic heterocycles. The van der Waals surface area contributed by atoms with E-state index >= 15 is 0 Å². The van der Waals surface area contributed by atoms with Gasteiger partial charge in [0.05, 0.1) is 44.1 Å². The zero-order chi connectivity index (χ0) is 93.1. The number of carboxylic acid groups (broad SMARTS) is 2. The largest absolute Gasteiger partial charge is 0.508 e. The lowest BCUT2D eigenvalue weighted by atomic mass is 9.97. The second kappa shape index (κ2) is 53.8. The van der Waals surface area contributed by atoms with Crippen LogP contribution in [0.25, 0.3) is 0 Å². The maximum atomic E-state index is 14.7. The lowest BCUT2D eigenvalue weighted by Gasteiger charge is -2.29. The number of nitrogens with zero attached hydrogens (tertiary/aromatic N) is 1. The van der Waals surface area contributed by atoms with Gasteiger partial charge in [0.2, 0.25) is 94.5 Å². The fraction of sp³-hybridized carbons (Fsp3) is 0.444. The molecule has 0 aliphatic rings. The third-order valence-corrected chi connectivity index (χ3v) is 20.2. The molecule has 28 N–H and O–H groups in total. The van der Waals surface area contributed by atoms with Crippen molar-refractivity contribution >= 4 is 132 Å². The van der Waals surface area contributed by atoms with E-state index in [1.807, 2.05) is 5.32 Å². The molecule has 16 amide bonds. The van der Waals surface area contributed by atoms with Crippen LogP contribution in [-0.4, -0.2) is 264 Å². The number of rotatable bonds is 56. The van der Waals surface area contributed by atoms with Crippen LogP contribution in [0.2, 0.25) is 0 Å². The number of phenolic OH excluding ortho intramolecular Hbond substituents is 1. The highest BCUT2D eigenvalue weighted by molar-refractivity contribution is 7.80. The van der Waals surface area contributed by atoms with Crippen LogP contribution in [0.4, 0.5) is 0 Å². The number of aromatic amines is 1. The van der Waals surface area contributed by atoms with Gasteiger partial charge in [-0.3, -0.25) is 86.3 Å². The molecule has 126 heavy (non-hydrogen) atoms. The first-order valence-corrected chi connectivity index (χ1v) is 41.3. The minimum absolute atomic E-state index is 0.0855. The Kier molecular flexibility index (Phi) is 44.2. The summed E-state index contributed by atoms with van der Waals surface area (Å²) in [7, 11) is 0. The number of primary amides is 2. The third kappa shape index (κ3) is 36.0. The van der Waals surface area contributed by atoms with Crippen LogP contribution in [-0.2, 0) is 118 Å². The third-order valence-electron chi connectivity index (χ3n) is 19.5. The summed E-state index contributed by atoms with van der Waals surface area (Å²) in [6, 6.07) is 5.95. The number of carboxylic acids is 2. The van der Waals surface area contributed by atoms with Gasteiger partial charge in [0.1, 0.15) is 90.8 Å². The van der Waals surface area contributed by atoms with E-state index in [1.165, 1.54) is 43.7 Å². The van der Waals surface area contributed by atoms with Crippen molar-refractivity contribution in [2.24, 2.45) is 28.9 Å². The number of hydrogen-bond acceptors (Lipinski definition) is 26. The molecule has 0 saturated carbocycles. The Morgan fingerprint density at radius 1 is 0.405 bits per heavy atom. The summed E-state index contributed by atoms with van der Waals surface area (Å²) < 4.78 is 0. The summed E-state index contributed by atoms with van der Waals surface area (Å²) in [5.41, 5.74) is 24.9. The zero-order valence-electron chi connectivity index (χ0n) is 69.0. The lowest BCUT2D eigenvalue weighted by molar-refractivity contribution is -0.142. The van der Waals surface area contributed by atoms with Gasteiger partial charge >= 0.3 is 11.9 Å². The number of amides is 16. The Morgan fingerprint density at radius 3 is 1.16 bits per heavy atom. The Bertz CT molecular complexity index is 4510. The van der Waals surface area contributed by atoms with Crippen molar-refractivity contribution in [1.29, 1.82) is 0 Å². The minimum atomic E-state index is -2.11. The second-order valence-corrected chi connectivity index (χ2v) is 30.0. The molecule has 0 fully saturated rings. The highest BCUT2D eigenvalue weighted by Crippen LogP contribution is 2.17. The van der Waals surface area contributed by atoms with Crippen molar-refractivity contribution < 1.29 is 112 Å². The smallest absolute Gasteiger partial charge is 0.322 e. The number of phenols is 1. The van der Waals surface area contributed by atoms with Crippen LogP contribution in [0.3, 0.4) is 0 Å². The van der Waals surface area contributed by atoms with Crippen molar-refractivity contribution in [3.63, 3.8) is 0 Å². The summed E-state index contributed by atoms with van der Waals surface area (Å²) in [6.07, 6.45) is -0.644. The molecule has 45 heteroatoms. The molecule has 0 aliphatic heterocycles. The number of imidazole rings is 1. The number of aliphatic hydroxyl groups excluding tert-OH is 2. The highest BCUT2D eigenvalue weighted by Gasteiger charge is 2.40. The van der Waals surface area contributed by atoms with Gasteiger partial charge in [-0.05, 0) is 66.1 Å². The van der Waals surface area contributed by atoms with E-state index in [4.69, 9.17) is 28.0 Å². The molecule has 15 atom stereocenters. The predicted molar refractivity (Wildman–Crippen MR) is 457 cm³/mol. The van der Waals surface area contributed by atoms with E-state index in [9.17, 15) is 107 Å². The van der Waals surface area contributed by atoms with Gasteiger partial charge in [-0.25, -0.2) is 4.98 Å². The monoisotopic (exact) mass is 1790 g/mol. The maximum absolute atomic E-state index is 14.7. The lowest BCUT2D eigenvalue weighted by Crippen LogP contribution is -2.62. The SMILES string of the molecule is CC[C@H](C)[C@H](NC(=O)[C@H](CC(=O)O)NC(=O)[C@H](Cc1ccc(O)cc1)NC(=O)[C@H](CC(N)=O)NC(=O)[C@H](Cc1ccccc1)NC(=O)[C@H](Cc1c[nH]cn1)NC(=O)[C@@H](N)CCCCN)C(=O)N[C@@H](CS)C(=O)N[C@@H](CCC(N)=O)C(=O)N[C@@H](CO)C(=O)N[C@@H](CS)C(=O)N[C@@H](Cc1ccccc1)C(=O)N[C@@H](Cc1ccccc1)C(=O)N[C@@H](CO)C(=O)NCC(=O)O. The molecule has 5 aromatic rings. The van der Waals surface area contributed by atoms with E-state index in [1.54, 1.807) is 97.9 Å². The van der Waals surface area contributed by atoms with Crippen LogP contribution < -0.4 is 97.4 Å². The van der Waals surface area contributed by atoms with Crippen LogP contribution in [0.5, 0.6) is 5.75 Å². The van der Waals surface area contributed by atoms with Gasteiger partial charge in [0.25, 0.3) is 0 Å². The number of thiol groups is 2. The summed E-state index contributed by atoms with van der Waals surface area (Å²) in [5.74, 6) is -23.0. The number of benzene rings is 4. The number of carbonyl (C=O) groups is 18. The number of aromatic nitrogens is 2. The number of nitrogens with two attached hydrogens (primary N) is 4. The Hall–Kier alpha value is -13.1. The van der Waals surface area contributed by atoms with Crippen LogP contribution >= 0.6 is 25.3 Å². The number of carbonyl (C=O) groups excluding carboxylic acids is 16. The Labute approximate surface area is 734 Å². The number of nitrogens with one attached hydrogen (secondary N) is 15. The average Bonchev–Trinajstić information content (AvgIpc) is 0.969. The van der Waals surface area contributed by atoms with Gasteiger partial charge in [0.15, 0.2) is 0 Å². The van der Waals surface area contributed by atoms with E-state index < -0.39 is 260 Å². The molecule has 0 saturated heterocycles. The van der Waals surface area contributed by atoms with Gasteiger partial charge in [-0.2, -0.15) is 25.3 Å². The molecule has 4 aromatic carbocycles. The van der Waals surface area contributed by atoms with Gasteiger partial charge in [-0.1, -0.05) is 130 Å². The Balaban J connectivity index is 1.34. The Morgan fingerprint density at radius 2 is 0.762 bits per heavy atom. The minimum Gasteiger partial charge on any atom is -0.508 e. The topological polar surface area (TPSA) is 710 Å². The van der Waals surface area contributed by atoms with Crippen molar-refractivity contribution in [1.82, 2.24) is 84.4 Å². The van der Waals surface area contributed by atoms with E-state index in [-0.39, 0.29) is 49.8 Å². The number of aliphatic hydroxyl groups is 2. The molecule has 0 unspecified atom stereocenters. The molecule has 684 valence electrons. The first-order chi connectivity index (χ1) is 60.0. The van der Waals surface area contributed by atoms with Crippen molar-refractivity contribution in [3.05, 3.63) is 156 Å². The molecule has 43 nitrogen and oxygen atoms in total. The molecular weight excluding hydrogens is 1690 g/mol. The summed E-state index contributed by atoms with van der Waals surface area (Å²) in [4.78, 5) is 254.